The molecule has 0 spiro atoms. The summed E-state index contributed by atoms with van der Waals surface area (Å²) in [6.07, 6.45) is 0. The van der Waals surface area contributed by atoms with Crippen LogP contribution in [0.2, 0.25) is 0 Å². The normalized spacial score (nSPS) is 18.6. The number of benzene rings is 1. The third kappa shape index (κ3) is 6.56. The molecule has 2 fully saturated rings. The average molecular weight is 390 g/mol. The van der Waals surface area contributed by atoms with Crippen LogP contribution in [0.25, 0.3) is 0 Å². The Morgan fingerprint density at radius 3 is 1.64 bits per heavy atom. The van der Waals surface area contributed by atoms with Crippen molar-refractivity contribution in [2.24, 2.45) is 0 Å². The van der Waals surface area contributed by atoms with Gasteiger partial charge in [0.25, 0.3) is 11.8 Å². The lowest BCUT2D eigenvalue weighted by Gasteiger charge is -2.26. The van der Waals surface area contributed by atoms with Crippen LogP contribution in [0.5, 0.6) is 0 Å². The van der Waals surface area contributed by atoms with Gasteiger partial charge in [-0.15, -0.1) is 0 Å². The number of morpholine rings is 2. The Labute approximate surface area is 166 Å². The van der Waals surface area contributed by atoms with Crippen molar-refractivity contribution in [3.05, 3.63) is 35.4 Å². The Morgan fingerprint density at radius 1 is 0.786 bits per heavy atom. The Bertz CT molecular complexity index is 592. The van der Waals surface area contributed by atoms with Gasteiger partial charge in [-0.2, -0.15) is 0 Å². The number of hydrogen-bond acceptors (Lipinski definition) is 6. The molecule has 2 amide bonds. The maximum atomic E-state index is 12.4. The number of amides is 2. The standard InChI is InChI=1S/C20H30N4O4/c25-19(21-4-6-23-8-12-27-13-9-23)17-2-1-3-18(16-17)20(26)22-5-7-24-10-14-28-15-11-24/h1-3,16H,4-15H2,(H,21,25)(H,22,26). The molecule has 2 heterocycles. The summed E-state index contributed by atoms with van der Waals surface area (Å²) >= 11 is 0. The van der Waals surface area contributed by atoms with Crippen LogP contribution >= 0.6 is 0 Å². The van der Waals surface area contributed by atoms with Crippen molar-refractivity contribution in [2.45, 2.75) is 0 Å². The third-order valence-electron chi connectivity index (χ3n) is 5.02. The summed E-state index contributed by atoms with van der Waals surface area (Å²) in [6.45, 7) is 9.34. The summed E-state index contributed by atoms with van der Waals surface area (Å²) in [5.41, 5.74) is 1.01. The molecule has 3 rings (SSSR count). The Hall–Kier alpha value is -2.00. The van der Waals surface area contributed by atoms with E-state index in [1.165, 1.54) is 0 Å². The molecule has 0 aromatic heterocycles. The molecule has 0 atom stereocenters. The smallest absolute Gasteiger partial charge is 0.251 e. The number of hydrogen-bond donors (Lipinski definition) is 2. The van der Waals surface area contributed by atoms with Crippen LogP contribution in [0, 0.1) is 0 Å². The summed E-state index contributed by atoms with van der Waals surface area (Å²) in [4.78, 5) is 29.3. The number of carbonyl (C=O) groups is 2. The number of nitrogens with one attached hydrogen (secondary N) is 2. The second kappa shape index (κ2) is 11.1. The van der Waals surface area contributed by atoms with Crippen molar-refractivity contribution in [1.29, 1.82) is 0 Å². The molecule has 2 aliphatic heterocycles. The highest BCUT2D eigenvalue weighted by Crippen LogP contribution is 2.06. The van der Waals surface area contributed by atoms with Crippen molar-refractivity contribution in [3.8, 4) is 0 Å². The zero-order chi connectivity index (χ0) is 19.6. The van der Waals surface area contributed by atoms with Gasteiger partial charge in [0.2, 0.25) is 0 Å². The van der Waals surface area contributed by atoms with Crippen LogP contribution in [-0.4, -0.2) is 100 Å². The van der Waals surface area contributed by atoms with Crippen molar-refractivity contribution in [1.82, 2.24) is 20.4 Å². The van der Waals surface area contributed by atoms with Gasteiger partial charge in [-0.25, -0.2) is 0 Å². The highest BCUT2D eigenvalue weighted by atomic mass is 16.5. The molecule has 0 aliphatic carbocycles. The molecule has 1 aromatic carbocycles. The summed E-state index contributed by atoms with van der Waals surface area (Å²) in [7, 11) is 0. The highest BCUT2D eigenvalue weighted by Gasteiger charge is 2.14. The van der Waals surface area contributed by atoms with Crippen molar-refractivity contribution in [3.63, 3.8) is 0 Å². The zero-order valence-corrected chi connectivity index (χ0v) is 16.3. The predicted octanol–water partition coefficient (Wildman–Crippen LogP) is -0.189. The lowest BCUT2D eigenvalue weighted by atomic mass is 10.1. The van der Waals surface area contributed by atoms with Gasteiger partial charge in [0.15, 0.2) is 0 Å². The van der Waals surface area contributed by atoms with Crippen LogP contribution in [0.3, 0.4) is 0 Å². The predicted molar refractivity (Wildman–Crippen MR) is 106 cm³/mol. The van der Waals surface area contributed by atoms with Crippen LogP contribution < -0.4 is 10.6 Å². The number of rotatable bonds is 8. The number of ether oxygens (including phenoxy) is 2. The van der Waals surface area contributed by atoms with E-state index in [2.05, 4.69) is 20.4 Å². The van der Waals surface area contributed by atoms with Gasteiger partial charge in [0, 0.05) is 63.5 Å². The summed E-state index contributed by atoms with van der Waals surface area (Å²) < 4.78 is 10.6. The number of nitrogens with zero attached hydrogens (tertiary/aromatic N) is 2. The first-order chi connectivity index (χ1) is 13.7. The molecule has 28 heavy (non-hydrogen) atoms. The fraction of sp³-hybridized carbons (Fsp3) is 0.600. The average Bonchev–Trinajstić information content (AvgIpc) is 2.75. The van der Waals surface area contributed by atoms with E-state index < -0.39 is 0 Å². The molecule has 2 aliphatic rings. The maximum Gasteiger partial charge on any atom is 0.251 e. The molecule has 8 nitrogen and oxygen atoms in total. The van der Waals surface area contributed by atoms with Crippen molar-refractivity contribution in [2.75, 3.05) is 78.8 Å². The van der Waals surface area contributed by atoms with Gasteiger partial charge in [-0.3, -0.25) is 19.4 Å². The molecular weight excluding hydrogens is 360 g/mol. The minimum atomic E-state index is -0.156. The lowest BCUT2D eigenvalue weighted by molar-refractivity contribution is 0.0382. The molecule has 2 N–H and O–H groups in total. The minimum Gasteiger partial charge on any atom is -0.379 e. The summed E-state index contributed by atoms with van der Waals surface area (Å²) in [5, 5.41) is 5.85. The van der Waals surface area contributed by atoms with E-state index in [4.69, 9.17) is 9.47 Å². The second-order valence-corrected chi connectivity index (χ2v) is 7.00. The molecule has 8 heteroatoms. The second-order valence-electron chi connectivity index (χ2n) is 7.00. The van der Waals surface area contributed by atoms with Gasteiger partial charge < -0.3 is 20.1 Å². The van der Waals surface area contributed by atoms with E-state index in [1.54, 1.807) is 24.3 Å². The maximum absolute atomic E-state index is 12.4. The van der Waals surface area contributed by atoms with E-state index in [-0.39, 0.29) is 11.8 Å². The summed E-state index contributed by atoms with van der Waals surface area (Å²) in [6, 6.07) is 6.85. The van der Waals surface area contributed by atoms with E-state index in [9.17, 15) is 9.59 Å². The van der Waals surface area contributed by atoms with Gasteiger partial charge >= 0.3 is 0 Å². The fourth-order valence-electron chi connectivity index (χ4n) is 3.31. The number of carbonyl (C=O) groups excluding carboxylic acids is 2. The summed E-state index contributed by atoms with van der Waals surface area (Å²) in [5.74, 6) is -0.313. The highest BCUT2D eigenvalue weighted by molar-refractivity contribution is 5.99. The van der Waals surface area contributed by atoms with Crippen LogP contribution in [-0.2, 0) is 9.47 Å². The van der Waals surface area contributed by atoms with Crippen molar-refractivity contribution >= 4 is 11.8 Å². The monoisotopic (exact) mass is 390 g/mol. The van der Waals surface area contributed by atoms with Crippen LogP contribution in [0.1, 0.15) is 20.7 Å². The van der Waals surface area contributed by atoms with Gasteiger partial charge in [0.1, 0.15) is 0 Å². The molecule has 0 unspecified atom stereocenters. The first-order valence-corrected chi connectivity index (χ1v) is 9.99. The Kier molecular flexibility index (Phi) is 8.23. The SMILES string of the molecule is O=C(NCCN1CCOCC1)c1cccc(C(=O)NCCN2CCOCC2)c1. The molecule has 2 saturated heterocycles. The van der Waals surface area contributed by atoms with E-state index in [0.29, 0.717) is 24.2 Å². The molecular formula is C20H30N4O4. The Morgan fingerprint density at radius 2 is 1.21 bits per heavy atom. The quantitative estimate of drug-likeness (QED) is 0.640. The molecule has 0 bridgehead atoms. The van der Waals surface area contributed by atoms with Gasteiger partial charge in [-0.1, -0.05) is 6.07 Å². The topological polar surface area (TPSA) is 83.1 Å². The Balaban J connectivity index is 1.41. The zero-order valence-electron chi connectivity index (χ0n) is 16.3. The minimum absolute atomic E-state index is 0.156. The van der Waals surface area contributed by atoms with Crippen molar-refractivity contribution < 1.29 is 19.1 Å². The first-order valence-electron chi connectivity index (χ1n) is 9.99. The van der Waals surface area contributed by atoms with Gasteiger partial charge in [-0.05, 0) is 18.2 Å². The molecule has 154 valence electrons. The lowest BCUT2D eigenvalue weighted by Crippen LogP contribution is -2.41. The molecule has 1 aromatic rings. The largest absolute Gasteiger partial charge is 0.379 e. The van der Waals surface area contributed by atoms with E-state index >= 15 is 0 Å². The van der Waals surface area contributed by atoms with Crippen LogP contribution in [0.15, 0.2) is 24.3 Å². The van der Waals surface area contributed by atoms with E-state index in [0.717, 1.165) is 65.7 Å². The van der Waals surface area contributed by atoms with Gasteiger partial charge in [0.05, 0.1) is 26.4 Å². The molecule has 0 saturated carbocycles. The molecule has 0 radical (unpaired) electrons. The van der Waals surface area contributed by atoms with Crippen LogP contribution in [0.4, 0.5) is 0 Å². The first kappa shape index (κ1) is 20.7. The third-order valence-corrected chi connectivity index (χ3v) is 5.02. The fourth-order valence-corrected chi connectivity index (χ4v) is 3.31. The van der Waals surface area contributed by atoms with E-state index in [1.807, 2.05) is 0 Å².